The number of nitriles is 1. The molecule has 78 valence electrons. The third kappa shape index (κ3) is 2.23. The Bertz CT molecular complexity index is 423. The van der Waals surface area contributed by atoms with E-state index in [1.54, 1.807) is 6.92 Å². The van der Waals surface area contributed by atoms with Crippen molar-refractivity contribution in [2.24, 2.45) is 0 Å². The van der Waals surface area contributed by atoms with Gasteiger partial charge in [0.1, 0.15) is 5.75 Å². The summed E-state index contributed by atoms with van der Waals surface area (Å²) in [5.74, 6) is -0.0156. The van der Waals surface area contributed by atoms with E-state index in [4.69, 9.17) is 10.00 Å². The lowest BCUT2D eigenvalue weighted by Crippen LogP contribution is -1.99. The molecule has 5 nitrogen and oxygen atoms in total. The van der Waals surface area contributed by atoms with Gasteiger partial charge in [-0.05, 0) is 19.1 Å². The summed E-state index contributed by atoms with van der Waals surface area (Å²) in [5, 5.41) is 19.4. The molecule has 15 heavy (non-hydrogen) atoms. The predicted octanol–water partition coefficient (Wildman–Crippen LogP) is 2.23. The van der Waals surface area contributed by atoms with Crippen molar-refractivity contribution in [3.63, 3.8) is 0 Å². The van der Waals surface area contributed by atoms with E-state index in [1.807, 2.05) is 6.07 Å². The van der Waals surface area contributed by atoms with Crippen LogP contribution in [0.15, 0.2) is 18.2 Å². The molecule has 0 bridgehead atoms. The minimum atomic E-state index is -0.527. The van der Waals surface area contributed by atoms with E-state index in [1.165, 1.54) is 25.3 Å². The van der Waals surface area contributed by atoms with E-state index in [9.17, 15) is 10.1 Å². The number of hydrogen-bond acceptors (Lipinski definition) is 4. The Morgan fingerprint density at radius 3 is 2.73 bits per heavy atom. The number of nitro groups is 1. The van der Waals surface area contributed by atoms with E-state index < -0.39 is 10.8 Å². The number of nitrogens with zero attached hydrogens (tertiary/aromatic N) is 2. The summed E-state index contributed by atoms with van der Waals surface area (Å²) in [6, 6.07) is 6.34. The first-order valence-corrected chi connectivity index (χ1v) is 4.32. The Labute approximate surface area is 87.1 Å². The van der Waals surface area contributed by atoms with Crippen molar-refractivity contribution < 1.29 is 9.66 Å². The van der Waals surface area contributed by atoms with Gasteiger partial charge in [0.05, 0.1) is 29.6 Å². The zero-order valence-electron chi connectivity index (χ0n) is 8.43. The minimum Gasteiger partial charge on any atom is -0.497 e. The summed E-state index contributed by atoms with van der Waals surface area (Å²) in [6.07, 6.45) is 0. The van der Waals surface area contributed by atoms with Gasteiger partial charge in [0.25, 0.3) is 5.69 Å². The molecule has 0 N–H and O–H groups in total. The lowest BCUT2D eigenvalue weighted by Gasteiger charge is -2.06. The van der Waals surface area contributed by atoms with Crippen LogP contribution in [-0.2, 0) is 0 Å². The van der Waals surface area contributed by atoms with Gasteiger partial charge in [-0.2, -0.15) is 5.26 Å². The number of hydrogen-bond donors (Lipinski definition) is 0. The van der Waals surface area contributed by atoms with E-state index in [-0.39, 0.29) is 5.69 Å². The van der Waals surface area contributed by atoms with Gasteiger partial charge in [-0.3, -0.25) is 10.1 Å². The van der Waals surface area contributed by atoms with Gasteiger partial charge < -0.3 is 4.74 Å². The van der Waals surface area contributed by atoms with Gasteiger partial charge in [-0.1, -0.05) is 0 Å². The van der Waals surface area contributed by atoms with Crippen LogP contribution in [0.25, 0.3) is 0 Å². The molecule has 0 saturated heterocycles. The summed E-state index contributed by atoms with van der Waals surface area (Å²) in [6.45, 7) is 1.61. The Morgan fingerprint density at radius 1 is 1.60 bits per heavy atom. The van der Waals surface area contributed by atoms with Gasteiger partial charge >= 0.3 is 0 Å². The van der Waals surface area contributed by atoms with Gasteiger partial charge in [-0.25, -0.2) is 0 Å². The first-order chi connectivity index (χ1) is 7.10. The highest BCUT2D eigenvalue weighted by molar-refractivity contribution is 5.48. The highest BCUT2D eigenvalue weighted by Crippen LogP contribution is 2.29. The smallest absolute Gasteiger partial charge is 0.274 e. The molecule has 1 rings (SSSR count). The summed E-state index contributed by atoms with van der Waals surface area (Å²) in [7, 11) is 1.47. The van der Waals surface area contributed by atoms with Crippen LogP contribution < -0.4 is 4.74 Å². The van der Waals surface area contributed by atoms with Crippen molar-refractivity contribution in [1.82, 2.24) is 0 Å². The molecule has 0 aliphatic rings. The Balaban J connectivity index is 3.30. The first-order valence-electron chi connectivity index (χ1n) is 4.32. The maximum atomic E-state index is 10.7. The molecule has 1 atom stereocenters. The van der Waals surface area contributed by atoms with Crippen molar-refractivity contribution >= 4 is 5.69 Å². The minimum absolute atomic E-state index is 0.0511. The quantitative estimate of drug-likeness (QED) is 0.561. The molecule has 5 heteroatoms. The summed E-state index contributed by atoms with van der Waals surface area (Å²) in [4.78, 5) is 10.2. The van der Waals surface area contributed by atoms with Crippen molar-refractivity contribution in [3.8, 4) is 11.8 Å². The van der Waals surface area contributed by atoms with Crippen molar-refractivity contribution in [2.75, 3.05) is 7.11 Å². The number of methoxy groups -OCH3 is 1. The van der Waals surface area contributed by atoms with Crippen LogP contribution in [0.2, 0.25) is 0 Å². The zero-order valence-corrected chi connectivity index (χ0v) is 8.43. The van der Waals surface area contributed by atoms with Gasteiger partial charge in [0, 0.05) is 6.07 Å². The van der Waals surface area contributed by atoms with E-state index in [0.717, 1.165) is 0 Å². The highest BCUT2D eigenvalue weighted by Gasteiger charge is 2.19. The molecule has 0 spiro atoms. The standard InChI is InChI=1S/C10H10N2O3/c1-7(6-11)9-5-8(15-2)3-4-10(9)12(13)14/h3-5,7H,1-2H3. The van der Waals surface area contributed by atoms with Gasteiger partial charge in [-0.15, -0.1) is 0 Å². The third-order valence-electron chi connectivity index (χ3n) is 2.09. The van der Waals surface area contributed by atoms with E-state index in [2.05, 4.69) is 0 Å². The van der Waals surface area contributed by atoms with Crippen molar-refractivity contribution in [3.05, 3.63) is 33.9 Å². The van der Waals surface area contributed by atoms with Crippen LogP contribution in [0.1, 0.15) is 18.4 Å². The fourth-order valence-corrected chi connectivity index (χ4v) is 1.24. The lowest BCUT2D eigenvalue weighted by molar-refractivity contribution is -0.385. The summed E-state index contributed by atoms with van der Waals surface area (Å²) >= 11 is 0. The Hall–Kier alpha value is -2.09. The SMILES string of the molecule is COc1ccc([N+](=O)[O-])c(C(C)C#N)c1. The lowest BCUT2D eigenvalue weighted by atomic mass is 10.0. The first kappa shape index (κ1) is 11.0. The maximum absolute atomic E-state index is 10.7. The monoisotopic (exact) mass is 206 g/mol. The summed E-state index contributed by atoms with van der Waals surface area (Å²) < 4.78 is 4.95. The van der Waals surface area contributed by atoms with Crippen LogP contribution in [0.5, 0.6) is 5.75 Å². The average molecular weight is 206 g/mol. The number of nitro benzene ring substituents is 1. The van der Waals surface area contributed by atoms with Crippen LogP contribution in [0.4, 0.5) is 5.69 Å². The van der Waals surface area contributed by atoms with Crippen LogP contribution in [0.3, 0.4) is 0 Å². The molecule has 0 fully saturated rings. The second-order valence-electron chi connectivity index (χ2n) is 3.03. The molecule has 0 heterocycles. The Morgan fingerprint density at radius 2 is 2.27 bits per heavy atom. The fourth-order valence-electron chi connectivity index (χ4n) is 1.24. The molecule has 1 aromatic carbocycles. The Kier molecular flexibility index (Phi) is 3.24. The van der Waals surface area contributed by atoms with Crippen LogP contribution in [-0.4, -0.2) is 12.0 Å². The largest absolute Gasteiger partial charge is 0.497 e. The zero-order chi connectivity index (χ0) is 11.4. The topological polar surface area (TPSA) is 76.2 Å². The molecule has 0 aliphatic heterocycles. The molecular weight excluding hydrogens is 196 g/mol. The molecule has 0 saturated carbocycles. The summed E-state index contributed by atoms with van der Waals surface area (Å²) in [5.41, 5.74) is 0.326. The highest BCUT2D eigenvalue weighted by atomic mass is 16.6. The molecule has 0 aromatic heterocycles. The van der Waals surface area contributed by atoms with Gasteiger partial charge in [0.2, 0.25) is 0 Å². The fraction of sp³-hybridized carbons (Fsp3) is 0.300. The number of rotatable bonds is 3. The van der Waals surface area contributed by atoms with Crippen molar-refractivity contribution in [2.45, 2.75) is 12.8 Å². The molecule has 0 amide bonds. The number of ether oxygens (including phenoxy) is 1. The second kappa shape index (κ2) is 4.42. The molecular formula is C10H10N2O3. The second-order valence-corrected chi connectivity index (χ2v) is 3.03. The normalized spacial score (nSPS) is 11.5. The molecule has 0 aliphatic carbocycles. The molecule has 0 radical (unpaired) electrons. The van der Waals surface area contributed by atoms with Crippen LogP contribution >= 0.6 is 0 Å². The predicted molar refractivity (Wildman–Crippen MR) is 53.7 cm³/mol. The van der Waals surface area contributed by atoms with E-state index in [0.29, 0.717) is 11.3 Å². The molecule has 1 unspecified atom stereocenters. The van der Waals surface area contributed by atoms with E-state index >= 15 is 0 Å². The third-order valence-corrected chi connectivity index (χ3v) is 2.09. The average Bonchev–Trinajstić information content (AvgIpc) is 2.26. The van der Waals surface area contributed by atoms with Crippen LogP contribution in [0, 0.1) is 21.4 Å². The van der Waals surface area contributed by atoms with Gasteiger partial charge in [0.15, 0.2) is 0 Å². The number of benzene rings is 1. The van der Waals surface area contributed by atoms with Crippen molar-refractivity contribution in [1.29, 1.82) is 5.26 Å². The molecule has 1 aromatic rings. The maximum Gasteiger partial charge on any atom is 0.274 e.